The van der Waals surface area contributed by atoms with E-state index >= 15 is 0 Å². The molecule has 1 spiro atoms. The molecule has 0 aromatic heterocycles. The zero-order valence-electron chi connectivity index (χ0n) is 14.8. The second-order valence-electron chi connectivity index (χ2n) is 6.99. The number of carbonyl (C=O) groups is 2. The molecule has 1 aromatic rings. The van der Waals surface area contributed by atoms with Crippen molar-refractivity contribution in [2.75, 3.05) is 32.8 Å². The molecule has 27 heavy (non-hydrogen) atoms. The number of benzene rings is 1. The minimum atomic E-state index is -4.88. The zero-order chi connectivity index (χ0) is 19.8. The Bertz CT molecular complexity index is 749. The van der Waals surface area contributed by atoms with Crippen LogP contribution in [0, 0.1) is 5.82 Å². The Morgan fingerprint density at radius 1 is 1.15 bits per heavy atom. The quantitative estimate of drug-likeness (QED) is 0.695. The molecule has 3 rings (SSSR count). The molecule has 148 valence electrons. The Hall–Kier alpha value is -2.16. The predicted molar refractivity (Wildman–Crippen MR) is 87.5 cm³/mol. The lowest BCUT2D eigenvalue weighted by molar-refractivity contribution is -0.157. The molecule has 1 atom stereocenters. The minimum absolute atomic E-state index is 0.0884. The van der Waals surface area contributed by atoms with Crippen LogP contribution >= 0.6 is 0 Å². The second kappa shape index (κ2) is 7.10. The highest BCUT2D eigenvalue weighted by Crippen LogP contribution is 2.33. The maximum Gasteiger partial charge on any atom is 0.419 e. The minimum Gasteiger partial charge on any atom is -0.369 e. The highest BCUT2D eigenvalue weighted by atomic mass is 19.4. The largest absolute Gasteiger partial charge is 0.419 e. The van der Waals surface area contributed by atoms with Crippen LogP contribution in [0.5, 0.6) is 0 Å². The number of amides is 2. The van der Waals surface area contributed by atoms with Crippen LogP contribution < -0.4 is 0 Å². The summed E-state index contributed by atoms with van der Waals surface area (Å²) in [6, 6.07) is 2.25. The van der Waals surface area contributed by atoms with Gasteiger partial charge in [0.15, 0.2) is 0 Å². The van der Waals surface area contributed by atoms with Crippen LogP contribution in [0.1, 0.15) is 35.7 Å². The summed E-state index contributed by atoms with van der Waals surface area (Å²) in [5, 5.41) is 0. The molecule has 0 bridgehead atoms. The number of rotatable bonds is 1. The van der Waals surface area contributed by atoms with E-state index in [9.17, 15) is 27.2 Å². The van der Waals surface area contributed by atoms with Crippen molar-refractivity contribution in [3.05, 3.63) is 35.1 Å². The molecule has 2 amide bonds. The van der Waals surface area contributed by atoms with Crippen LogP contribution in [0.25, 0.3) is 0 Å². The van der Waals surface area contributed by atoms with E-state index in [0.29, 0.717) is 51.2 Å². The number of likely N-dealkylation sites (tertiary alicyclic amines) is 1. The van der Waals surface area contributed by atoms with Gasteiger partial charge in [-0.05, 0) is 31.0 Å². The van der Waals surface area contributed by atoms with Crippen molar-refractivity contribution in [2.24, 2.45) is 0 Å². The number of halogens is 4. The molecular weight excluding hydrogens is 368 g/mol. The fourth-order valence-corrected chi connectivity index (χ4v) is 3.69. The number of morpholine rings is 1. The molecule has 0 unspecified atom stereocenters. The summed E-state index contributed by atoms with van der Waals surface area (Å²) in [5.41, 5.74) is -2.40. The molecule has 2 aliphatic heterocycles. The summed E-state index contributed by atoms with van der Waals surface area (Å²) in [6.45, 7) is 3.15. The number of hydrogen-bond donors (Lipinski definition) is 0. The summed E-state index contributed by atoms with van der Waals surface area (Å²) in [7, 11) is 0. The fraction of sp³-hybridized carbons (Fsp3) is 0.556. The lowest BCUT2D eigenvalue weighted by Crippen LogP contribution is -2.61. The first kappa shape index (κ1) is 19.6. The molecule has 0 aliphatic carbocycles. The van der Waals surface area contributed by atoms with E-state index in [-0.39, 0.29) is 18.0 Å². The molecule has 0 radical (unpaired) electrons. The molecule has 2 fully saturated rings. The molecule has 9 heteroatoms. The van der Waals surface area contributed by atoms with E-state index in [4.69, 9.17) is 4.74 Å². The van der Waals surface area contributed by atoms with E-state index in [0.717, 1.165) is 6.07 Å². The van der Waals surface area contributed by atoms with Crippen LogP contribution in [0.15, 0.2) is 18.2 Å². The molecular formula is C18H20F4N2O3. The normalized spacial score (nSPS) is 23.6. The van der Waals surface area contributed by atoms with Crippen LogP contribution in [0.3, 0.4) is 0 Å². The van der Waals surface area contributed by atoms with Crippen molar-refractivity contribution in [1.29, 1.82) is 0 Å². The first-order valence-corrected chi connectivity index (χ1v) is 8.67. The SMILES string of the molecule is CC(=O)N1CCO[C@@]2(CCCN(C(=O)c3ccc(F)c(C(F)(F)F)c3)C2)C1. The first-order chi connectivity index (χ1) is 12.6. The number of alkyl halides is 3. The van der Waals surface area contributed by atoms with Crippen molar-refractivity contribution in [1.82, 2.24) is 9.80 Å². The van der Waals surface area contributed by atoms with E-state index in [1.54, 1.807) is 4.90 Å². The van der Waals surface area contributed by atoms with Crippen LogP contribution in [-0.2, 0) is 15.7 Å². The fourth-order valence-electron chi connectivity index (χ4n) is 3.69. The number of ether oxygens (including phenoxy) is 1. The van der Waals surface area contributed by atoms with Crippen molar-refractivity contribution < 1.29 is 31.9 Å². The lowest BCUT2D eigenvalue weighted by atomic mass is 9.90. The highest BCUT2D eigenvalue weighted by Gasteiger charge is 2.43. The summed E-state index contributed by atoms with van der Waals surface area (Å²) in [6.07, 6.45) is -3.62. The first-order valence-electron chi connectivity index (χ1n) is 8.67. The Morgan fingerprint density at radius 2 is 1.85 bits per heavy atom. The summed E-state index contributed by atoms with van der Waals surface area (Å²) in [5.74, 6) is -2.11. The number of carbonyl (C=O) groups excluding carboxylic acids is 2. The molecule has 1 aromatic carbocycles. The van der Waals surface area contributed by atoms with Gasteiger partial charge in [-0.3, -0.25) is 9.59 Å². The Kier molecular flexibility index (Phi) is 5.16. The van der Waals surface area contributed by atoms with E-state index in [2.05, 4.69) is 0 Å². The van der Waals surface area contributed by atoms with Gasteiger partial charge in [0.2, 0.25) is 5.91 Å². The van der Waals surface area contributed by atoms with Crippen molar-refractivity contribution >= 4 is 11.8 Å². The van der Waals surface area contributed by atoms with E-state index in [1.807, 2.05) is 0 Å². The third-order valence-electron chi connectivity index (χ3n) is 5.04. The molecule has 5 nitrogen and oxygen atoms in total. The Labute approximate surface area is 153 Å². The summed E-state index contributed by atoms with van der Waals surface area (Å²) < 4.78 is 58.1. The monoisotopic (exact) mass is 388 g/mol. The zero-order valence-corrected chi connectivity index (χ0v) is 14.8. The standard InChI is InChI=1S/C18H20F4N2O3/c1-12(25)23-7-8-27-17(10-23)5-2-6-24(11-17)16(26)13-3-4-15(19)14(9-13)18(20,21)22/h3-4,9H,2,5-8,10-11H2,1H3/t17-/m0/s1. The van der Waals surface area contributed by atoms with Crippen LogP contribution in [0.4, 0.5) is 17.6 Å². The van der Waals surface area contributed by atoms with Crippen molar-refractivity contribution in [3.8, 4) is 0 Å². The molecule has 2 aliphatic rings. The molecule has 2 saturated heterocycles. The highest BCUT2D eigenvalue weighted by molar-refractivity contribution is 5.94. The van der Waals surface area contributed by atoms with Crippen LogP contribution in [-0.4, -0.2) is 60.0 Å². The van der Waals surface area contributed by atoms with Gasteiger partial charge in [0, 0.05) is 25.6 Å². The third kappa shape index (κ3) is 4.07. The number of nitrogens with zero attached hydrogens (tertiary/aromatic N) is 2. The topological polar surface area (TPSA) is 49.9 Å². The van der Waals surface area contributed by atoms with Gasteiger partial charge in [0.05, 0.1) is 25.3 Å². The summed E-state index contributed by atoms with van der Waals surface area (Å²) >= 11 is 0. The van der Waals surface area contributed by atoms with Gasteiger partial charge in [-0.2, -0.15) is 13.2 Å². The maximum atomic E-state index is 13.5. The Balaban J connectivity index is 1.80. The van der Waals surface area contributed by atoms with Gasteiger partial charge < -0.3 is 14.5 Å². The van der Waals surface area contributed by atoms with Gasteiger partial charge in [-0.15, -0.1) is 0 Å². The van der Waals surface area contributed by atoms with E-state index in [1.165, 1.54) is 11.8 Å². The molecule has 0 N–H and O–H groups in total. The summed E-state index contributed by atoms with van der Waals surface area (Å²) in [4.78, 5) is 27.5. The molecule has 0 saturated carbocycles. The number of hydrogen-bond acceptors (Lipinski definition) is 3. The predicted octanol–water partition coefficient (Wildman–Crippen LogP) is 2.70. The smallest absolute Gasteiger partial charge is 0.369 e. The lowest BCUT2D eigenvalue weighted by Gasteiger charge is -2.47. The van der Waals surface area contributed by atoms with Crippen molar-refractivity contribution in [2.45, 2.75) is 31.5 Å². The van der Waals surface area contributed by atoms with Gasteiger partial charge >= 0.3 is 6.18 Å². The molecule has 2 heterocycles. The third-order valence-corrected chi connectivity index (χ3v) is 5.04. The Morgan fingerprint density at radius 3 is 2.52 bits per heavy atom. The van der Waals surface area contributed by atoms with Gasteiger partial charge in [-0.25, -0.2) is 4.39 Å². The average Bonchev–Trinajstić information content (AvgIpc) is 2.60. The number of piperidine rings is 1. The van der Waals surface area contributed by atoms with Gasteiger partial charge in [0.25, 0.3) is 5.91 Å². The van der Waals surface area contributed by atoms with Crippen LogP contribution in [0.2, 0.25) is 0 Å². The second-order valence-corrected chi connectivity index (χ2v) is 6.99. The average molecular weight is 388 g/mol. The van der Waals surface area contributed by atoms with Gasteiger partial charge in [-0.1, -0.05) is 0 Å². The van der Waals surface area contributed by atoms with Gasteiger partial charge in [0.1, 0.15) is 11.4 Å². The van der Waals surface area contributed by atoms with E-state index < -0.39 is 29.1 Å². The maximum absolute atomic E-state index is 13.5. The van der Waals surface area contributed by atoms with Crippen molar-refractivity contribution in [3.63, 3.8) is 0 Å².